The molecule has 3 N–H and O–H groups in total. The van der Waals surface area contributed by atoms with Crippen LogP contribution in [0.1, 0.15) is 37.2 Å². The third-order valence-electron chi connectivity index (χ3n) is 3.28. The fourth-order valence-corrected chi connectivity index (χ4v) is 2.31. The number of aliphatic hydroxyl groups is 1. The molecule has 0 aliphatic carbocycles. The van der Waals surface area contributed by atoms with Crippen LogP contribution >= 0.6 is 0 Å². The van der Waals surface area contributed by atoms with Gasteiger partial charge in [0.2, 0.25) is 0 Å². The van der Waals surface area contributed by atoms with Crippen molar-refractivity contribution in [2.75, 3.05) is 18.8 Å². The van der Waals surface area contributed by atoms with Gasteiger partial charge >= 0.3 is 0 Å². The lowest BCUT2D eigenvalue weighted by Gasteiger charge is -2.36. The molecule has 1 aromatic heterocycles. The van der Waals surface area contributed by atoms with Gasteiger partial charge in [-0.25, -0.2) is 0 Å². The van der Waals surface area contributed by atoms with Crippen molar-refractivity contribution in [2.45, 2.75) is 38.8 Å². The SMILES string of the molecule is CCn1cc(N)c(C(=O)N2CCCC(C)(O)C2)n1. The lowest BCUT2D eigenvalue weighted by Crippen LogP contribution is -2.48. The van der Waals surface area contributed by atoms with Crippen LogP contribution in [0, 0.1) is 0 Å². The van der Waals surface area contributed by atoms with E-state index in [9.17, 15) is 9.90 Å². The normalized spacial score (nSPS) is 24.3. The maximum absolute atomic E-state index is 12.3. The first kappa shape index (κ1) is 12.9. The summed E-state index contributed by atoms with van der Waals surface area (Å²) in [4.78, 5) is 13.9. The van der Waals surface area contributed by atoms with E-state index in [2.05, 4.69) is 5.10 Å². The number of piperidine rings is 1. The van der Waals surface area contributed by atoms with Crippen molar-refractivity contribution in [3.05, 3.63) is 11.9 Å². The van der Waals surface area contributed by atoms with E-state index in [-0.39, 0.29) is 11.6 Å². The Morgan fingerprint density at radius 1 is 1.67 bits per heavy atom. The van der Waals surface area contributed by atoms with Gasteiger partial charge in [-0.05, 0) is 26.7 Å². The summed E-state index contributed by atoms with van der Waals surface area (Å²) in [6.45, 7) is 5.35. The van der Waals surface area contributed by atoms with Crippen molar-refractivity contribution in [3.8, 4) is 0 Å². The highest BCUT2D eigenvalue weighted by Crippen LogP contribution is 2.22. The lowest BCUT2D eigenvalue weighted by atomic mass is 9.95. The summed E-state index contributed by atoms with van der Waals surface area (Å²) >= 11 is 0. The summed E-state index contributed by atoms with van der Waals surface area (Å²) in [6, 6.07) is 0. The van der Waals surface area contributed by atoms with Crippen LogP contribution < -0.4 is 5.73 Å². The standard InChI is InChI=1S/C12H20N4O2/c1-3-16-7-9(13)10(14-16)11(17)15-6-4-5-12(2,18)8-15/h7,18H,3-6,8,13H2,1-2H3. The van der Waals surface area contributed by atoms with Crippen LogP contribution in [0.2, 0.25) is 0 Å². The summed E-state index contributed by atoms with van der Waals surface area (Å²) in [5.41, 5.74) is 5.67. The Hall–Kier alpha value is -1.56. The Kier molecular flexibility index (Phi) is 3.30. The number of hydrogen-bond acceptors (Lipinski definition) is 4. The van der Waals surface area contributed by atoms with Crippen molar-refractivity contribution in [1.29, 1.82) is 0 Å². The average molecular weight is 252 g/mol. The fraction of sp³-hybridized carbons (Fsp3) is 0.667. The van der Waals surface area contributed by atoms with Crippen LogP contribution in [0.5, 0.6) is 0 Å². The van der Waals surface area contributed by atoms with Gasteiger partial charge in [-0.1, -0.05) is 0 Å². The highest BCUT2D eigenvalue weighted by Gasteiger charge is 2.32. The second-order valence-corrected chi connectivity index (χ2v) is 5.12. The predicted octanol–water partition coefficient (Wildman–Crippen LogP) is 0.472. The van der Waals surface area contributed by atoms with Gasteiger partial charge in [0.1, 0.15) is 0 Å². The zero-order valence-electron chi connectivity index (χ0n) is 10.9. The Balaban J connectivity index is 2.17. The molecule has 1 fully saturated rings. The van der Waals surface area contributed by atoms with Crippen LogP contribution in [-0.2, 0) is 6.54 Å². The zero-order chi connectivity index (χ0) is 13.3. The van der Waals surface area contributed by atoms with Gasteiger partial charge in [-0.15, -0.1) is 0 Å². The number of hydrogen-bond donors (Lipinski definition) is 2. The van der Waals surface area contributed by atoms with Crippen molar-refractivity contribution in [2.24, 2.45) is 0 Å². The number of nitrogen functional groups attached to an aromatic ring is 1. The number of β-amino-alcohol motifs (C(OH)–C–C–N with tert-alkyl or cyclic N) is 1. The van der Waals surface area contributed by atoms with E-state index >= 15 is 0 Å². The largest absolute Gasteiger partial charge is 0.396 e. The van der Waals surface area contributed by atoms with Crippen LogP contribution in [0.4, 0.5) is 5.69 Å². The summed E-state index contributed by atoms with van der Waals surface area (Å²) in [7, 11) is 0. The first-order chi connectivity index (χ1) is 8.43. The van der Waals surface area contributed by atoms with Gasteiger partial charge in [0, 0.05) is 25.8 Å². The molecule has 2 heterocycles. The molecule has 1 atom stereocenters. The maximum atomic E-state index is 12.3. The molecule has 1 unspecified atom stereocenters. The van der Waals surface area contributed by atoms with Gasteiger partial charge in [0.05, 0.1) is 11.3 Å². The maximum Gasteiger partial charge on any atom is 0.276 e. The van der Waals surface area contributed by atoms with Crippen LogP contribution in [0.25, 0.3) is 0 Å². The van der Waals surface area contributed by atoms with Crippen molar-refractivity contribution in [1.82, 2.24) is 14.7 Å². The number of nitrogens with two attached hydrogens (primary N) is 1. The molecule has 2 rings (SSSR count). The molecule has 1 saturated heterocycles. The van der Waals surface area contributed by atoms with Gasteiger partial charge in [0.25, 0.3) is 5.91 Å². The summed E-state index contributed by atoms with van der Waals surface area (Å²) in [6.07, 6.45) is 3.18. The molecular formula is C12H20N4O2. The van der Waals surface area contributed by atoms with Crippen LogP contribution in [-0.4, -0.2) is 44.4 Å². The molecule has 18 heavy (non-hydrogen) atoms. The molecular weight excluding hydrogens is 232 g/mol. The monoisotopic (exact) mass is 252 g/mol. The highest BCUT2D eigenvalue weighted by molar-refractivity contribution is 5.97. The predicted molar refractivity (Wildman–Crippen MR) is 68.1 cm³/mol. The van der Waals surface area contributed by atoms with Crippen molar-refractivity contribution in [3.63, 3.8) is 0 Å². The molecule has 6 heteroatoms. The van der Waals surface area contributed by atoms with E-state index in [4.69, 9.17) is 5.73 Å². The molecule has 0 bridgehead atoms. The number of carbonyl (C=O) groups is 1. The van der Waals surface area contributed by atoms with E-state index in [1.165, 1.54) is 0 Å². The third kappa shape index (κ3) is 2.48. The third-order valence-corrected chi connectivity index (χ3v) is 3.28. The highest BCUT2D eigenvalue weighted by atomic mass is 16.3. The molecule has 0 spiro atoms. The number of aryl methyl sites for hydroxylation is 1. The second-order valence-electron chi connectivity index (χ2n) is 5.12. The van der Waals surface area contributed by atoms with Gasteiger partial charge < -0.3 is 15.7 Å². The fourth-order valence-electron chi connectivity index (χ4n) is 2.31. The van der Waals surface area contributed by atoms with Gasteiger partial charge in [0.15, 0.2) is 5.69 Å². The average Bonchev–Trinajstić information content (AvgIpc) is 2.68. The zero-order valence-corrected chi connectivity index (χ0v) is 10.9. The molecule has 0 radical (unpaired) electrons. The number of carbonyl (C=O) groups excluding carboxylic acids is 1. The minimum atomic E-state index is -0.810. The van der Waals surface area contributed by atoms with E-state index in [0.29, 0.717) is 25.3 Å². The Bertz CT molecular complexity index is 453. The quantitative estimate of drug-likeness (QED) is 0.801. The molecule has 1 amide bonds. The molecule has 1 aliphatic heterocycles. The lowest BCUT2D eigenvalue weighted by molar-refractivity contribution is -0.0109. The van der Waals surface area contributed by atoms with Gasteiger partial charge in [-0.3, -0.25) is 9.48 Å². The number of nitrogens with zero attached hydrogens (tertiary/aromatic N) is 3. The smallest absolute Gasteiger partial charge is 0.276 e. The number of anilines is 1. The Morgan fingerprint density at radius 2 is 2.39 bits per heavy atom. The topological polar surface area (TPSA) is 84.4 Å². The summed E-state index contributed by atoms with van der Waals surface area (Å²) in [5, 5.41) is 14.2. The summed E-state index contributed by atoms with van der Waals surface area (Å²) < 4.78 is 1.64. The van der Waals surface area contributed by atoms with E-state index in [1.54, 1.807) is 22.7 Å². The first-order valence-corrected chi connectivity index (χ1v) is 6.27. The minimum absolute atomic E-state index is 0.195. The number of rotatable bonds is 2. The van der Waals surface area contributed by atoms with E-state index in [1.807, 2.05) is 6.92 Å². The molecule has 6 nitrogen and oxygen atoms in total. The molecule has 1 aliphatic rings. The van der Waals surface area contributed by atoms with Gasteiger partial charge in [-0.2, -0.15) is 5.10 Å². The Morgan fingerprint density at radius 3 is 2.94 bits per heavy atom. The minimum Gasteiger partial charge on any atom is -0.396 e. The molecule has 1 aromatic rings. The number of amides is 1. The number of aromatic nitrogens is 2. The second kappa shape index (κ2) is 4.61. The van der Waals surface area contributed by atoms with Crippen LogP contribution in [0.15, 0.2) is 6.20 Å². The first-order valence-electron chi connectivity index (χ1n) is 6.27. The molecule has 0 aromatic carbocycles. The van der Waals surface area contributed by atoms with Crippen molar-refractivity contribution >= 4 is 11.6 Å². The molecule has 100 valence electrons. The van der Waals surface area contributed by atoms with Crippen LogP contribution in [0.3, 0.4) is 0 Å². The number of likely N-dealkylation sites (tertiary alicyclic amines) is 1. The Labute approximate surface area is 106 Å². The van der Waals surface area contributed by atoms with E-state index < -0.39 is 5.60 Å². The van der Waals surface area contributed by atoms with Crippen molar-refractivity contribution < 1.29 is 9.90 Å². The van der Waals surface area contributed by atoms with E-state index in [0.717, 1.165) is 12.8 Å². The summed E-state index contributed by atoms with van der Waals surface area (Å²) in [5.74, 6) is -0.195. The molecule has 0 saturated carbocycles.